The SMILES string of the molecule is CC.CC/C=C\C/C(=C\CF)c1noc(-c2cccc(C(=O)O)c2)n1. The van der Waals surface area contributed by atoms with Crippen LogP contribution in [0.2, 0.25) is 0 Å². The van der Waals surface area contributed by atoms with Gasteiger partial charge in [0.2, 0.25) is 0 Å². The number of aromatic nitrogens is 2. The number of carboxylic acids is 1. The van der Waals surface area contributed by atoms with E-state index in [4.69, 9.17) is 9.63 Å². The molecule has 0 bridgehead atoms. The monoisotopic (exact) mass is 346 g/mol. The molecule has 0 unspecified atom stereocenters. The van der Waals surface area contributed by atoms with Crippen LogP contribution in [-0.2, 0) is 0 Å². The highest BCUT2D eigenvalue weighted by Gasteiger charge is 2.13. The number of carboxylic acid groups (broad SMARTS) is 1. The molecule has 6 heteroatoms. The number of rotatable bonds is 7. The van der Waals surface area contributed by atoms with Gasteiger partial charge in [0.05, 0.1) is 5.56 Å². The van der Waals surface area contributed by atoms with E-state index >= 15 is 0 Å². The molecular formula is C19H23FN2O3. The average molecular weight is 346 g/mol. The Bertz CT molecular complexity index is 736. The van der Waals surface area contributed by atoms with Gasteiger partial charge < -0.3 is 9.63 Å². The van der Waals surface area contributed by atoms with Crippen molar-refractivity contribution in [2.45, 2.75) is 33.6 Å². The summed E-state index contributed by atoms with van der Waals surface area (Å²) in [5, 5.41) is 12.9. The molecule has 0 aliphatic heterocycles. The van der Waals surface area contributed by atoms with Gasteiger partial charge in [0, 0.05) is 11.1 Å². The molecule has 25 heavy (non-hydrogen) atoms. The molecule has 1 heterocycles. The number of benzene rings is 1. The molecular weight excluding hydrogens is 323 g/mol. The highest BCUT2D eigenvalue weighted by Crippen LogP contribution is 2.22. The molecule has 1 aromatic heterocycles. The molecule has 0 spiro atoms. The van der Waals surface area contributed by atoms with E-state index in [0.29, 0.717) is 23.4 Å². The number of alkyl halides is 1. The Balaban J connectivity index is 0.00000151. The first kappa shape index (κ1) is 20.3. The summed E-state index contributed by atoms with van der Waals surface area (Å²) in [7, 11) is 0. The summed E-state index contributed by atoms with van der Waals surface area (Å²) in [4.78, 5) is 15.2. The van der Waals surface area contributed by atoms with Crippen LogP contribution in [0.4, 0.5) is 4.39 Å². The number of aromatic carboxylic acids is 1. The van der Waals surface area contributed by atoms with Crippen LogP contribution < -0.4 is 0 Å². The van der Waals surface area contributed by atoms with Gasteiger partial charge in [-0.1, -0.05) is 44.1 Å². The Hall–Kier alpha value is -2.76. The first-order chi connectivity index (χ1) is 12.2. The summed E-state index contributed by atoms with van der Waals surface area (Å²) < 4.78 is 17.8. The van der Waals surface area contributed by atoms with E-state index in [9.17, 15) is 9.18 Å². The number of hydrogen-bond acceptors (Lipinski definition) is 4. The predicted molar refractivity (Wildman–Crippen MR) is 96.0 cm³/mol. The first-order valence-corrected chi connectivity index (χ1v) is 8.23. The highest BCUT2D eigenvalue weighted by atomic mass is 19.1. The molecule has 0 amide bonds. The zero-order valence-corrected chi connectivity index (χ0v) is 14.7. The van der Waals surface area contributed by atoms with Crippen LogP contribution in [0, 0.1) is 0 Å². The van der Waals surface area contributed by atoms with Gasteiger partial charge in [-0.15, -0.1) is 0 Å². The summed E-state index contributed by atoms with van der Waals surface area (Å²) >= 11 is 0. The minimum Gasteiger partial charge on any atom is -0.478 e. The van der Waals surface area contributed by atoms with Crippen LogP contribution in [-0.4, -0.2) is 27.9 Å². The second kappa shape index (κ2) is 10.9. The number of carbonyl (C=O) groups is 1. The molecule has 134 valence electrons. The van der Waals surface area contributed by atoms with Crippen LogP contribution in [0.15, 0.2) is 47.0 Å². The lowest BCUT2D eigenvalue weighted by Crippen LogP contribution is -1.95. The fourth-order valence-corrected chi connectivity index (χ4v) is 1.99. The molecule has 2 aromatic rings. The second-order valence-electron chi connectivity index (χ2n) is 4.78. The van der Waals surface area contributed by atoms with Gasteiger partial charge in [0.1, 0.15) is 6.67 Å². The lowest BCUT2D eigenvalue weighted by Gasteiger charge is -1.98. The van der Waals surface area contributed by atoms with Crippen molar-refractivity contribution in [1.82, 2.24) is 10.1 Å². The van der Waals surface area contributed by atoms with Gasteiger partial charge in [0.15, 0.2) is 5.82 Å². The Morgan fingerprint density at radius 2 is 2.08 bits per heavy atom. The summed E-state index contributed by atoms with van der Waals surface area (Å²) in [6, 6.07) is 6.21. The van der Waals surface area contributed by atoms with Crippen LogP contribution in [0.1, 0.15) is 49.8 Å². The van der Waals surface area contributed by atoms with Crippen molar-refractivity contribution in [2.75, 3.05) is 6.67 Å². The van der Waals surface area contributed by atoms with E-state index in [-0.39, 0.29) is 11.5 Å². The largest absolute Gasteiger partial charge is 0.478 e. The Labute approximate surface area is 146 Å². The van der Waals surface area contributed by atoms with Crippen molar-refractivity contribution in [3.63, 3.8) is 0 Å². The van der Waals surface area contributed by atoms with Crippen LogP contribution in [0.3, 0.4) is 0 Å². The molecule has 0 saturated carbocycles. The van der Waals surface area contributed by atoms with E-state index in [2.05, 4.69) is 10.1 Å². The zero-order valence-electron chi connectivity index (χ0n) is 14.7. The summed E-state index contributed by atoms with van der Waals surface area (Å²) in [6.07, 6.45) is 6.70. The van der Waals surface area contributed by atoms with Gasteiger partial charge in [-0.05, 0) is 37.1 Å². The number of nitrogens with zero attached hydrogens (tertiary/aromatic N) is 2. The van der Waals surface area contributed by atoms with Gasteiger partial charge >= 0.3 is 5.97 Å². The van der Waals surface area contributed by atoms with Gasteiger partial charge in [0.25, 0.3) is 5.89 Å². The zero-order chi connectivity index (χ0) is 18.7. The quantitative estimate of drug-likeness (QED) is 0.700. The molecule has 2 rings (SSSR count). The van der Waals surface area contributed by atoms with Crippen molar-refractivity contribution in [2.24, 2.45) is 0 Å². The summed E-state index contributed by atoms with van der Waals surface area (Å²) in [6.45, 7) is 5.39. The van der Waals surface area contributed by atoms with Crippen molar-refractivity contribution in [1.29, 1.82) is 0 Å². The fraction of sp³-hybridized carbons (Fsp3) is 0.316. The lowest BCUT2D eigenvalue weighted by atomic mass is 10.1. The van der Waals surface area contributed by atoms with E-state index in [1.165, 1.54) is 18.2 Å². The number of allylic oxidation sites excluding steroid dienone is 4. The fourth-order valence-electron chi connectivity index (χ4n) is 1.99. The third kappa shape index (κ3) is 5.99. The molecule has 0 saturated heterocycles. The van der Waals surface area contributed by atoms with E-state index in [0.717, 1.165) is 6.42 Å². The smallest absolute Gasteiger partial charge is 0.335 e. The molecule has 0 radical (unpaired) electrons. The maximum atomic E-state index is 12.7. The second-order valence-corrected chi connectivity index (χ2v) is 4.78. The number of halogens is 1. The lowest BCUT2D eigenvalue weighted by molar-refractivity contribution is 0.0697. The van der Waals surface area contributed by atoms with E-state index < -0.39 is 12.6 Å². The standard InChI is InChI=1S/C17H17FN2O3.C2H6/c1-2-3-4-6-12(9-10-18)15-19-16(23-20-15)13-7-5-8-14(11-13)17(21)22;1-2/h3-5,7-9,11H,2,6,10H2,1H3,(H,21,22);1-2H3/b4-3-,12-9+;. The molecule has 5 nitrogen and oxygen atoms in total. The highest BCUT2D eigenvalue weighted by molar-refractivity contribution is 5.89. The molecule has 0 atom stereocenters. The average Bonchev–Trinajstić information content (AvgIpc) is 3.13. The van der Waals surface area contributed by atoms with Crippen molar-refractivity contribution in [3.8, 4) is 11.5 Å². The van der Waals surface area contributed by atoms with E-state index in [1.807, 2.05) is 32.9 Å². The minimum atomic E-state index is -1.03. The van der Waals surface area contributed by atoms with Crippen LogP contribution in [0.25, 0.3) is 17.0 Å². The van der Waals surface area contributed by atoms with Crippen LogP contribution >= 0.6 is 0 Å². The minimum absolute atomic E-state index is 0.132. The molecule has 1 N–H and O–H groups in total. The summed E-state index contributed by atoms with van der Waals surface area (Å²) in [5.74, 6) is -0.527. The van der Waals surface area contributed by atoms with Crippen LogP contribution in [0.5, 0.6) is 0 Å². The van der Waals surface area contributed by atoms with E-state index in [1.54, 1.807) is 12.1 Å². The Kier molecular flexibility index (Phi) is 8.85. The van der Waals surface area contributed by atoms with Gasteiger partial charge in [-0.3, -0.25) is 0 Å². The van der Waals surface area contributed by atoms with Crippen molar-refractivity contribution in [3.05, 3.63) is 53.9 Å². The maximum Gasteiger partial charge on any atom is 0.335 e. The maximum absolute atomic E-state index is 12.7. The predicted octanol–water partition coefficient (Wildman–Crippen LogP) is 5.17. The molecule has 0 fully saturated rings. The summed E-state index contributed by atoms with van der Waals surface area (Å²) in [5.41, 5.74) is 1.27. The Morgan fingerprint density at radius 1 is 1.32 bits per heavy atom. The Morgan fingerprint density at radius 3 is 2.72 bits per heavy atom. The topological polar surface area (TPSA) is 76.2 Å². The number of hydrogen-bond donors (Lipinski definition) is 1. The molecule has 1 aromatic carbocycles. The molecule has 0 aliphatic rings. The third-order valence-corrected chi connectivity index (χ3v) is 3.13. The normalized spacial score (nSPS) is 11.3. The van der Waals surface area contributed by atoms with Gasteiger partial charge in [-0.2, -0.15) is 4.98 Å². The first-order valence-electron chi connectivity index (χ1n) is 8.23. The van der Waals surface area contributed by atoms with Crippen molar-refractivity contribution < 1.29 is 18.8 Å². The third-order valence-electron chi connectivity index (χ3n) is 3.13. The van der Waals surface area contributed by atoms with Crippen molar-refractivity contribution >= 4 is 11.5 Å². The van der Waals surface area contributed by atoms with Gasteiger partial charge in [-0.25, -0.2) is 9.18 Å². The molecule has 0 aliphatic carbocycles.